The van der Waals surface area contributed by atoms with Gasteiger partial charge in [0, 0.05) is 49.5 Å². The highest BCUT2D eigenvalue weighted by Gasteiger charge is 2.28. The molecule has 4 rings (SSSR count). The molecule has 1 aliphatic heterocycles. The van der Waals surface area contributed by atoms with Crippen molar-refractivity contribution in [2.24, 2.45) is 0 Å². The molecule has 0 aromatic heterocycles. The van der Waals surface area contributed by atoms with Crippen LogP contribution in [-0.4, -0.2) is 50.5 Å². The Morgan fingerprint density at radius 3 is 2.55 bits per heavy atom. The van der Waals surface area contributed by atoms with Crippen LogP contribution in [0.3, 0.4) is 0 Å². The second kappa shape index (κ2) is 12.1. The number of nitrogens with zero attached hydrogens (tertiary/aromatic N) is 2. The highest BCUT2D eigenvalue weighted by atomic mass is 79.9. The standard InChI is InChI=1S/C24H29BrN2O2.2ClH/c1-29-24-11-3-2-10-22(24)27-16-14-26(15-17-27)13-12-23(28)20-8-4-7-19-18(20)6-5-9-21(19)25;;/h2-3,5-6,9-11,20H,4,7-8,12-17H2,1H3;2*1H. The molecule has 0 saturated carbocycles. The van der Waals surface area contributed by atoms with Crippen molar-refractivity contribution in [2.45, 2.75) is 31.6 Å². The molecule has 2 aliphatic rings. The molecule has 1 saturated heterocycles. The Kier molecular flexibility index (Phi) is 10.1. The van der Waals surface area contributed by atoms with E-state index in [9.17, 15) is 4.79 Å². The third-order valence-electron chi connectivity index (χ3n) is 6.31. The summed E-state index contributed by atoms with van der Waals surface area (Å²) < 4.78 is 6.66. The molecule has 2 aromatic rings. The van der Waals surface area contributed by atoms with Crippen LogP contribution in [0.15, 0.2) is 46.9 Å². The first-order valence-electron chi connectivity index (χ1n) is 10.6. The molecule has 0 amide bonds. The number of Topliss-reactive ketones (excluding diaryl/α,β-unsaturated/α-hetero) is 1. The van der Waals surface area contributed by atoms with E-state index < -0.39 is 0 Å². The van der Waals surface area contributed by atoms with Crippen LogP contribution >= 0.6 is 40.7 Å². The SMILES string of the molecule is COc1ccccc1N1CCN(CCC(=O)C2CCCc3c(Br)cccc32)CC1.Cl.Cl. The molecule has 170 valence electrons. The number of fused-ring (bicyclic) bond motifs is 1. The number of piperazine rings is 1. The average Bonchev–Trinajstić information content (AvgIpc) is 2.78. The molecule has 0 bridgehead atoms. The van der Waals surface area contributed by atoms with Gasteiger partial charge in [0.2, 0.25) is 0 Å². The van der Waals surface area contributed by atoms with E-state index in [4.69, 9.17) is 4.74 Å². The normalized spacial score (nSPS) is 18.4. The molecule has 1 unspecified atom stereocenters. The zero-order valence-corrected chi connectivity index (χ0v) is 21.1. The maximum atomic E-state index is 13.0. The van der Waals surface area contributed by atoms with Gasteiger partial charge in [-0.1, -0.05) is 40.2 Å². The molecule has 2 aromatic carbocycles. The van der Waals surface area contributed by atoms with Crippen molar-refractivity contribution in [3.05, 3.63) is 58.1 Å². The van der Waals surface area contributed by atoms with E-state index in [1.807, 2.05) is 12.1 Å². The fourth-order valence-corrected chi connectivity index (χ4v) is 5.26. The minimum atomic E-state index is 0. The second-order valence-corrected chi connectivity index (χ2v) is 8.82. The molecule has 4 nitrogen and oxygen atoms in total. The number of para-hydroxylation sites is 2. The number of ether oxygens (including phenoxy) is 1. The number of halogens is 3. The third kappa shape index (κ3) is 5.95. The van der Waals surface area contributed by atoms with Gasteiger partial charge in [0.1, 0.15) is 11.5 Å². The fourth-order valence-electron chi connectivity index (χ4n) is 4.68. The highest BCUT2D eigenvalue weighted by Crippen LogP contribution is 2.36. The minimum absolute atomic E-state index is 0. The number of methoxy groups -OCH3 is 1. The molecule has 1 aliphatic carbocycles. The van der Waals surface area contributed by atoms with Crippen molar-refractivity contribution in [3.8, 4) is 5.75 Å². The van der Waals surface area contributed by atoms with Gasteiger partial charge in [0.15, 0.2) is 0 Å². The topological polar surface area (TPSA) is 32.8 Å². The minimum Gasteiger partial charge on any atom is -0.495 e. The predicted octanol–water partition coefficient (Wildman–Crippen LogP) is 5.50. The van der Waals surface area contributed by atoms with Crippen molar-refractivity contribution in [2.75, 3.05) is 44.7 Å². The number of carbonyl (C=O) groups is 1. The van der Waals surface area contributed by atoms with E-state index in [1.165, 1.54) is 11.1 Å². The Morgan fingerprint density at radius 1 is 1.06 bits per heavy atom. The lowest BCUT2D eigenvalue weighted by Crippen LogP contribution is -2.47. The molecule has 0 N–H and O–H groups in total. The summed E-state index contributed by atoms with van der Waals surface area (Å²) in [5, 5.41) is 0. The highest BCUT2D eigenvalue weighted by molar-refractivity contribution is 9.10. The summed E-state index contributed by atoms with van der Waals surface area (Å²) in [5.74, 6) is 1.40. The van der Waals surface area contributed by atoms with Gasteiger partial charge < -0.3 is 9.64 Å². The van der Waals surface area contributed by atoms with Gasteiger partial charge in [-0.05, 0) is 48.6 Å². The zero-order chi connectivity index (χ0) is 20.2. The van der Waals surface area contributed by atoms with Gasteiger partial charge in [0.25, 0.3) is 0 Å². The van der Waals surface area contributed by atoms with E-state index in [1.54, 1.807) is 7.11 Å². The third-order valence-corrected chi connectivity index (χ3v) is 7.05. The number of rotatable bonds is 6. The van der Waals surface area contributed by atoms with Crippen LogP contribution in [0.4, 0.5) is 5.69 Å². The summed E-state index contributed by atoms with van der Waals surface area (Å²) in [6.45, 7) is 4.76. The van der Waals surface area contributed by atoms with Crippen molar-refractivity contribution in [1.82, 2.24) is 4.90 Å². The van der Waals surface area contributed by atoms with Gasteiger partial charge >= 0.3 is 0 Å². The van der Waals surface area contributed by atoms with Gasteiger partial charge in [-0.2, -0.15) is 0 Å². The number of carbonyl (C=O) groups excluding carboxylic acids is 1. The first-order chi connectivity index (χ1) is 14.2. The monoisotopic (exact) mass is 528 g/mol. The van der Waals surface area contributed by atoms with Crippen molar-refractivity contribution >= 4 is 52.2 Å². The zero-order valence-electron chi connectivity index (χ0n) is 17.9. The summed E-state index contributed by atoms with van der Waals surface area (Å²) in [6.07, 6.45) is 3.81. The summed E-state index contributed by atoms with van der Waals surface area (Å²) in [6, 6.07) is 14.5. The lowest BCUT2D eigenvalue weighted by molar-refractivity contribution is -0.121. The summed E-state index contributed by atoms with van der Waals surface area (Å²) in [5.41, 5.74) is 3.74. The summed E-state index contributed by atoms with van der Waals surface area (Å²) >= 11 is 3.66. The largest absolute Gasteiger partial charge is 0.495 e. The molecular weight excluding hydrogens is 499 g/mol. The van der Waals surface area contributed by atoms with Gasteiger partial charge in [-0.25, -0.2) is 0 Å². The van der Waals surface area contributed by atoms with Crippen LogP contribution in [0.5, 0.6) is 5.75 Å². The van der Waals surface area contributed by atoms with E-state index >= 15 is 0 Å². The fraction of sp³-hybridized carbons (Fsp3) is 0.458. The maximum absolute atomic E-state index is 13.0. The Hall–Kier alpha value is -1.27. The van der Waals surface area contributed by atoms with Crippen molar-refractivity contribution in [3.63, 3.8) is 0 Å². The number of benzene rings is 2. The molecule has 0 spiro atoms. The van der Waals surface area contributed by atoms with Crippen LogP contribution in [0, 0.1) is 0 Å². The van der Waals surface area contributed by atoms with Crippen LogP contribution in [0.2, 0.25) is 0 Å². The quantitative estimate of drug-likeness (QED) is 0.494. The Labute approximate surface area is 206 Å². The van der Waals surface area contributed by atoms with E-state index in [0.29, 0.717) is 12.2 Å². The van der Waals surface area contributed by atoms with Crippen LogP contribution in [0.25, 0.3) is 0 Å². The lowest BCUT2D eigenvalue weighted by Gasteiger charge is -2.36. The molecule has 1 heterocycles. The number of anilines is 1. The number of ketones is 1. The molecule has 1 fully saturated rings. The number of hydrogen-bond donors (Lipinski definition) is 0. The van der Waals surface area contributed by atoms with Gasteiger partial charge in [-0.15, -0.1) is 24.8 Å². The van der Waals surface area contributed by atoms with Crippen LogP contribution in [-0.2, 0) is 11.2 Å². The predicted molar refractivity (Wildman–Crippen MR) is 136 cm³/mol. The van der Waals surface area contributed by atoms with Crippen molar-refractivity contribution in [1.29, 1.82) is 0 Å². The van der Waals surface area contributed by atoms with Crippen LogP contribution in [0.1, 0.15) is 36.3 Å². The molecule has 31 heavy (non-hydrogen) atoms. The molecule has 0 radical (unpaired) electrons. The van der Waals surface area contributed by atoms with Crippen molar-refractivity contribution < 1.29 is 9.53 Å². The summed E-state index contributed by atoms with van der Waals surface area (Å²) in [4.78, 5) is 17.8. The number of hydrogen-bond acceptors (Lipinski definition) is 4. The Morgan fingerprint density at radius 2 is 1.81 bits per heavy atom. The van der Waals surface area contributed by atoms with E-state index in [2.05, 4.69) is 56.1 Å². The van der Waals surface area contributed by atoms with Gasteiger partial charge in [-0.3, -0.25) is 9.69 Å². The second-order valence-electron chi connectivity index (χ2n) is 7.97. The van der Waals surface area contributed by atoms with Gasteiger partial charge in [0.05, 0.1) is 12.8 Å². The van der Waals surface area contributed by atoms with Crippen LogP contribution < -0.4 is 9.64 Å². The lowest BCUT2D eigenvalue weighted by atomic mass is 9.80. The van der Waals surface area contributed by atoms with E-state index in [0.717, 1.165) is 67.9 Å². The molecule has 1 atom stereocenters. The Bertz CT molecular complexity index is 872. The molecular formula is C24H31BrCl2N2O2. The maximum Gasteiger partial charge on any atom is 0.142 e. The smallest absolute Gasteiger partial charge is 0.142 e. The first kappa shape index (κ1) is 26.0. The molecule has 7 heteroatoms. The Balaban J connectivity index is 0.00000171. The van der Waals surface area contributed by atoms with E-state index in [-0.39, 0.29) is 30.7 Å². The first-order valence-corrected chi connectivity index (χ1v) is 11.4. The average molecular weight is 530 g/mol. The summed E-state index contributed by atoms with van der Waals surface area (Å²) in [7, 11) is 1.72.